The number of carbonyl (C=O) groups excluding carboxylic acids is 1. The quantitative estimate of drug-likeness (QED) is 0.893. The Hall–Kier alpha value is -2.13. The van der Waals surface area contributed by atoms with Crippen LogP contribution in [0.2, 0.25) is 0 Å². The van der Waals surface area contributed by atoms with Crippen LogP contribution in [0.4, 0.5) is 0 Å². The highest BCUT2D eigenvalue weighted by molar-refractivity contribution is 5.74. The molecule has 126 valence electrons. The molecule has 0 saturated carbocycles. The van der Waals surface area contributed by atoms with Gasteiger partial charge in [-0.3, -0.25) is 4.79 Å². The number of carbonyl (C=O) groups is 1. The van der Waals surface area contributed by atoms with Crippen molar-refractivity contribution in [3.8, 4) is 0 Å². The van der Waals surface area contributed by atoms with Crippen molar-refractivity contribution in [1.82, 2.24) is 5.32 Å². The average molecular weight is 323 g/mol. The maximum absolute atomic E-state index is 12.0. The van der Waals surface area contributed by atoms with Gasteiger partial charge >= 0.3 is 0 Å². The fraction of sp³-hybridized carbons (Fsp3) is 0.381. The van der Waals surface area contributed by atoms with Gasteiger partial charge in [0, 0.05) is 24.8 Å². The Kier molecular flexibility index (Phi) is 4.72. The molecule has 0 aliphatic carbocycles. The van der Waals surface area contributed by atoms with Gasteiger partial charge in [0.1, 0.15) is 6.04 Å². The molecule has 1 unspecified atom stereocenters. The summed E-state index contributed by atoms with van der Waals surface area (Å²) in [4.78, 5) is 13.5. The van der Waals surface area contributed by atoms with Crippen LogP contribution in [-0.2, 0) is 10.3 Å². The molecule has 1 heterocycles. The largest absolute Gasteiger partial charge is 0.346 e. The summed E-state index contributed by atoms with van der Waals surface area (Å²) >= 11 is 0. The molecule has 1 amide bonds. The number of benzene rings is 2. The van der Waals surface area contributed by atoms with Crippen molar-refractivity contribution < 1.29 is 9.69 Å². The molecule has 2 aromatic rings. The molecule has 24 heavy (non-hydrogen) atoms. The van der Waals surface area contributed by atoms with Crippen LogP contribution in [0.15, 0.2) is 60.7 Å². The Morgan fingerprint density at radius 3 is 2.25 bits per heavy atom. The first-order valence-corrected chi connectivity index (χ1v) is 8.76. The second-order valence-electron chi connectivity index (χ2n) is 7.04. The molecule has 1 aliphatic rings. The van der Waals surface area contributed by atoms with Crippen molar-refractivity contribution in [2.45, 2.75) is 31.8 Å². The zero-order valence-corrected chi connectivity index (χ0v) is 14.8. The molecule has 1 fully saturated rings. The zero-order valence-electron chi connectivity index (χ0n) is 14.8. The van der Waals surface area contributed by atoms with Gasteiger partial charge in [-0.2, -0.15) is 0 Å². The van der Waals surface area contributed by atoms with E-state index < -0.39 is 0 Å². The lowest BCUT2D eigenvalue weighted by Gasteiger charge is -2.49. The Morgan fingerprint density at radius 2 is 1.67 bits per heavy atom. The number of amides is 1. The van der Waals surface area contributed by atoms with Crippen molar-refractivity contribution in [1.29, 1.82) is 0 Å². The molecule has 1 saturated heterocycles. The van der Waals surface area contributed by atoms with Gasteiger partial charge in [-0.1, -0.05) is 67.6 Å². The molecular weight excluding hydrogens is 296 g/mol. The minimum atomic E-state index is -0.312. The number of quaternary nitrogens is 1. The summed E-state index contributed by atoms with van der Waals surface area (Å²) in [6.07, 6.45) is 0.951. The predicted molar refractivity (Wildman–Crippen MR) is 96.7 cm³/mol. The fourth-order valence-electron chi connectivity index (χ4n) is 4.43. The third-order valence-electron chi connectivity index (χ3n) is 5.57. The minimum absolute atomic E-state index is 0.0390. The van der Waals surface area contributed by atoms with Crippen molar-refractivity contribution >= 4 is 5.91 Å². The lowest BCUT2D eigenvalue weighted by atomic mass is 9.68. The van der Waals surface area contributed by atoms with E-state index in [2.05, 4.69) is 73.9 Å². The second-order valence-corrected chi connectivity index (χ2v) is 7.04. The molecule has 2 N–H and O–H groups in total. The topological polar surface area (TPSA) is 33.5 Å². The van der Waals surface area contributed by atoms with Crippen LogP contribution in [-0.4, -0.2) is 19.5 Å². The molecule has 3 heteroatoms. The highest BCUT2D eigenvalue weighted by Gasteiger charge is 2.49. The highest BCUT2D eigenvalue weighted by Crippen LogP contribution is 2.41. The Labute approximate surface area is 144 Å². The predicted octanol–water partition coefficient (Wildman–Crippen LogP) is 2.31. The van der Waals surface area contributed by atoms with E-state index in [0.717, 1.165) is 13.0 Å². The van der Waals surface area contributed by atoms with Crippen molar-refractivity contribution in [2.75, 3.05) is 13.6 Å². The average Bonchev–Trinajstić information content (AvgIpc) is 2.59. The van der Waals surface area contributed by atoms with E-state index in [9.17, 15) is 4.79 Å². The molecule has 3 rings (SSSR count). The van der Waals surface area contributed by atoms with Gasteiger partial charge in [0.15, 0.2) is 0 Å². The van der Waals surface area contributed by atoms with Crippen LogP contribution in [0, 0.1) is 5.92 Å². The first-order valence-electron chi connectivity index (χ1n) is 8.76. The molecular formula is C21H27N2O+. The Bertz CT molecular complexity index is 685. The number of nitrogens with one attached hydrogen (secondary N) is 2. The number of rotatable bonds is 3. The van der Waals surface area contributed by atoms with Crippen molar-refractivity contribution in [3.05, 3.63) is 71.8 Å². The number of hydrogen-bond donors (Lipinski definition) is 2. The fourth-order valence-corrected chi connectivity index (χ4v) is 4.43. The van der Waals surface area contributed by atoms with Crippen molar-refractivity contribution in [3.63, 3.8) is 0 Å². The van der Waals surface area contributed by atoms with Gasteiger partial charge in [-0.15, -0.1) is 0 Å². The first kappa shape index (κ1) is 16.7. The lowest BCUT2D eigenvalue weighted by molar-refractivity contribution is -0.924. The summed E-state index contributed by atoms with van der Waals surface area (Å²) in [5.41, 5.74) is 2.24. The Morgan fingerprint density at radius 1 is 1.08 bits per heavy atom. The number of piperidine rings is 1. The van der Waals surface area contributed by atoms with Crippen LogP contribution in [0.1, 0.15) is 37.4 Å². The Balaban J connectivity index is 2.07. The molecule has 2 aromatic carbocycles. The maximum atomic E-state index is 12.0. The van der Waals surface area contributed by atoms with Gasteiger partial charge < -0.3 is 10.2 Å². The summed E-state index contributed by atoms with van der Waals surface area (Å²) in [6, 6.07) is 21.5. The minimum Gasteiger partial charge on any atom is -0.346 e. The van der Waals surface area contributed by atoms with Gasteiger partial charge in [-0.05, 0) is 5.56 Å². The lowest BCUT2D eigenvalue weighted by Crippen LogP contribution is -3.12. The smallest absolute Gasteiger partial charge is 0.217 e. The van der Waals surface area contributed by atoms with Gasteiger partial charge in [-0.25, -0.2) is 0 Å². The SMILES string of the molecule is CC(=O)N[C@]1(c2ccccc2)CC[NH+](C)[C@H](c2ccccc2)[C@H]1C. The number of hydrogen-bond acceptors (Lipinski definition) is 1. The molecule has 0 spiro atoms. The van der Waals surface area contributed by atoms with Crippen LogP contribution in [0.3, 0.4) is 0 Å². The van der Waals surface area contributed by atoms with Gasteiger partial charge in [0.2, 0.25) is 5.91 Å². The standard InChI is InChI=1S/C21H26N2O/c1-16-20(18-10-6-4-7-11-18)23(3)15-14-21(16,22-17(2)24)19-12-8-5-9-13-19/h4-13,16,20H,14-15H2,1-3H3,(H,22,24)/p+1/t16-,20+,21-/m1/s1. The van der Waals surface area contributed by atoms with E-state index in [1.54, 1.807) is 6.92 Å². The van der Waals surface area contributed by atoms with E-state index in [-0.39, 0.29) is 11.4 Å². The highest BCUT2D eigenvalue weighted by atomic mass is 16.1. The van der Waals surface area contributed by atoms with E-state index in [4.69, 9.17) is 0 Å². The molecule has 3 nitrogen and oxygen atoms in total. The maximum Gasteiger partial charge on any atom is 0.217 e. The van der Waals surface area contributed by atoms with Crippen molar-refractivity contribution in [2.24, 2.45) is 5.92 Å². The molecule has 0 aromatic heterocycles. The normalized spacial score (nSPS) is 29.9. The summed E-state index contributed by atoms with van der Waals surface area (Å²) in [6.45, 7) is 4.93. The first-order chi connectivity index (χ1) is 11.5. The summed E-state index contributed by atoms with van der Waals surface area (Å²) in [5.74, 6) is 0.331. The third-order valence-corrected chi connectivity index (χ3v) is 5.57. The second kappa shape index (κ2) is 6.78. The van der Waals surface area contributed by atoms with Crippen LogP contribution in [0.25, 0.3) is 0 Å². The molecule has 1 aliphatic heterocycles. The molecule has 0 bridgehead atoms. The summed E-state index contributed by atoms with van der Waals surface area (Å²) in [7, 11) is 2.26. The van der Waals surface area contributed by atoms with Gasteiger partial charge in [0.25, 0.3) is 0 Å². The zero-order chi connectivity index (χ0) is 17.2. The van der Waals surface area contributed by atoms with Crippen LogP contribution >= 0.6 is 0 Å². The third kappa shape index (κ3) is 2.96. The van der Waals surface area contributed by atoms with E-state index in [1.807, 2.05) is 6.07 Å². The molecule has 0 radical (unpaired) electrons. The monoisotopic (exact) mass is 323 g/mol. The summed E-state index contributed by atoms with van der Waals surface area (Å²) in [5, 5.41) is 3.33. The van der Waals surface area contributed by atoms with Crippen LogP contribution in [0.5, 0.6) is 0 Å². The van der Waals surface area contributed by atoms with Crippen LogP contribution < -0.4 is 10.2 Å². The summed E-state index contributed by atoms with van der Waals surface area (Å²) < 4.78 is 0. The van der Waals surface area contributed by atoms with E-state index in [1.165, 1.54) is 16.0 Å². The van der Waals surface area contributed by atoms with Gasteiger partial charge in [0.05, 0.1) is 19.1 Å². The van der Waals surface area contributed by atoms with E-state index >= 15 is 0 Å². The number of likely N-dealkylation sites (tertiary alicyclic amines) is 1. The van der Waals surface area contributed by atoms with E-state index in [0.29, 0.717) is 12.0 Å². The molecule has 4 atom stereocenters.